The highest BCUT2D eigenvalue weighted by Crippen LogP contribution is 2.19. The average molecular weight is 390 g/mol. The summed E-state index contributed by atoms with van der Waals surface area (Å²) in [5.41, 5.74) is -0.804. The Hall–Kier alpha value is 0.280. The molecule has 1 atom stereocenters. The Bertz CT molecular complexity index is 402. The number of aliphatic hydroxyl groups is 1. The van der Waals surface area contributed by atoms with Crippen LogP contribution in [0, 0.1) is 0 Å². The van der Waals surface area contributed by atoms with E-state index in [4.69, 9.17) is 16.3 Å². The van der Waals surface area contributed by atoms with Crippen LogP contribution < -0.4 is 10.6 Å². The third kappa shape index (κ3) is 8.22. The molecule has 8 heteroatoms. The van der Waals surface area contributed by atoms with Crippen LogP contribution in [0.3, 0.4) is 0 Å². The predicted molar refractivity (Wildman–Crippen MR) is 98.2 cm³/mol. The maximum atomic E-state index is 10.3. The molecule has 0 radical (unpaired) electrons. The molecule has 1 aromatic rings. The first-order valence-corrected chi connectivity index (χ1v) is 8.14. The minimum absolute atomic E-state index is 0. The van der Waals surface area contributed by atoms with E-state index < -0.39 is 5.60 Å². The first-order valence-electron chi connectivity index (χ1n) is 6.78. The third-order valence-electron chi connectivity index (χ3n) is 3.06. The van der Waals surface area contributed by atoms with Crippen molar-refractivity contribution in [3.8, 4) is 0 Å². The Kier molecular flexibility index (Phi) is 11.9. The highest BCUT2D eigenvalue weighted by Gasteiger charge is 2.28. The third-order valence-corrected chi connectivity index (χ3v) is 4.33. The molecule has 128 valence electrons. The van der Waals surface area contributed by atoms with E-state index in [2.05, 4.69) is 10.6 Å². The van der Waals surface area contributed by atoms with Gasteiger partial charge in [0.15, 0.2) is 0 Å². The van der Waals surface area contributed by atoms with Crippen LogP contribution in [0.1, 0.15) is 0 Å². The molecule has 1 saturated heterocycles. The van der Waals surface area contributed by atoms with Gasteiger partial charge in [0.2, 0.25) is 0 Å². The van der Waals surface area contributed by atoms with Crippen molar-refractivity contribution in [3.63, 3.8) is 0 Å². The van der Waals surface area contributed by atoms with Gasteiger partial charge in [0.05, 0.1) is 13.2 Å². The van der Waals surface area contributed by atoms with Gasteiger partial charge in [0.25, 0.3) is 0 Å². The molecule has 0 aliphatic carbocycles. The maximum Gasteiger partial charge on any atom is 0.113 e. The zero-order valence-electron chi connectivity index (χ0n) is 12.2. The van der Waals surface area contributed by atoms with E-state index in [9.17, 15) is 5.11 Å². The van der Waals surface area contributed by atoms with E-state index in [1.165, 1.54) is 4.90 Å². The summed E-state index contributed by atoms with van der Waals surface area (Å²) >= 11 is 7.61. The second kappa shape index (κ2) is 11.8. The smallest absolute Gasteiger partial charge is 0.113 e. The lowest BCUT2D eigenvalue weighted by molar-refractivity contribution is -0.0258. The Morgan fingerprint density at radius 2 is 2.05 bits per heavy atom. The van der Waals surface area contributed by atoms with Crippen LogP contribution in [0.4, 0.5) is 0 Å². The van der Waals surface area contributed by atoms with Gasteiger partial charge in [-0.05, 0) is 24.3 Å². The lowest BCUT2D eigenvalue weighted by atomic mass is 10.1. The second-order valence-corrected chi connectivity index (χ2v) is 6.54. The molecule has 1 unspecified atom stereocenters. The predicted octanol–water partition coefficient (Wildman–Crippen LogP) is 2.22. The van der Waals surface area contributed by atoms with Crippen molar-refractivity contribution >= 4 is 48.2 Å². The van der Waals surface area contributed by atoms with Crippen molar-refractivity contribution in [2.75, 3.05) is 45.1 Å². The lowest BCUT2D eigenvalue weighted by Crippen LogP contribution is -2.50. The number of rotatable bonds is 6. The summed E-state index contributed by atoms with van der Waals surface area (Å²) in [4.78, 5) is 1.20. The fourth-order valence-corrected chi connectivity index (χ4v) is 2.92. The van der Waals surface area contributed by atoms with Crippen molar-refractivity contribution in [2.24, 2.45) is 0 Å². The van der Waals surface area contributed by atoms with Gasteiger partial charge in [-0.2, -0.15) is 0 Å². The molecule has 1 aliphatic heterocycles. The van der Waals surface area contributed by atoms with Crippen LogP contribution in [-0.2, 0) is 4.74 Å². The van der Waals surface area contributed by atoms with Crippen LogP contribution >= 0.6 is 48.2 Å². The molecule has 22 heavy (non-hydrogen) atoms. The Labute approximate surface area is 153 Å². The molecule has 1 heterocycles. The number of nitrogens with one attached hydrogen (secondary N) is 2. The second-order valence-electron chi connectivity index (χ2n) is 4.93. The van der Waals surface area contributed by atoms with E-state index in [0.29, 0.717) is 26.3 Å². The van der Waals surface area contributed by atoms with Gasteiger partial charge in [-0.25, -0.2) is 0 Å². The lowest BCUT2D eigenvalue weighted by Gasteiger charge is -2.26. The number of ether oxygens (including phenoxy) is 1. The van der Waals surface area contributed by atoms with E-state index >= 15 is 0 Å². The number of thioether (sulfide) groups is 1. The molecular formula is C14H23Cl3N2O2S. The molecular weight excluding hydrogens is 367 g/mol. The molecule has 0 bridgehead atoms. The monoisotopic (exact) mass is 388 g/mol. The Morgan fingerprint density at radius 1 is 1.32 bits per heavy atom. The SMILES string of the molecule is Cl.Cl.OC1(CNCCSc2ccc(Cl)cc2)CNCCOC1. The van der Waals surface area contributed by atoms with Crippen LogP contribution in [0.5, 0.6) is 0 Å². The van der Waals surface area contributed by atoms with Gasteiger partial charge in [0, 0.05) is 41.8 Å². The van der Waals surface area contributed by atoms with Gasteiger partial charge < -0.3 is 20.5 Å². The summed E-state index contributed by atoms with van der Waals surface area (Å²) in [5.74, 6) is 0.950. The van der Waals surface area contributed by atoms with Crippen molar-refractivity contribution in [3.05, 3.63) is 29.3 Å². The Balaban J connectivity index is 0.00000220. The minimum Gasteiger partial charge on any atom is -0.385 e. The number of β-amino-alcohol motifs (C(OH)–C–C–N with tert-alkyl or cyclic N) is 1. The van der Waals surface area contributed by atoms with Crippen LogP contribution in [0.2, 0.25) is 5.02 Å². The van der Waals surface area contributed by atoms with Crippen LogP contribution in [0.25, 0.3) is 0 Å². The van der Waals surface area contributed by atoms with Gasteiger partial charge in [0.1, 0.15) is 5.60 Å². The maximum absolute atomic E-state index is 10.3. The standard InChI is InChI=1S/C14H21ClN2O2S.2ClH/c15-12-1-3-13(4-2-12)20-8-6-17-10-14(18)9-16-5-7-19-11-14;;/h1-4,16-18H,5-11H2;2*1H. The highest BCUT2D eigenvalue weighted by molar-refractivity contribution is 7.99. The van der Waals surface area contributed by atoms with Gasteiger partial charge in [-0.1, -0.05) is 11.6 Å². The fourth-order valence-electron chi connectivity index (χ4n) is 1.99. The quantitative estimate of drug-likeness (QED) is 0.514. The molecule has 0 spiro atoms. The average Bonchev–Trinajstić information content (AvgIpc) is 2.66. The number of benzene rings is 1. The topological polar surface area (TPSA) is 53.5 Å². The van der Waals surface area contributed by atoms with E-state index in [0.717, 1.165) is 23.9 Å². The van der Waals surface area contributed by atoms with Gasteiger partial charge >= 0.3 is 0 Å². The van der Waals surface area contributed by atoms with Gasteiger partial charge in [-0.15, -0.1) is 36.6 Å². The zero-order chi connectivity index (χ0) is 14.3. The highest BCUT2D eigenvalue weighted by atomic mass is 35.5. The normalized spacial score (nSPS) is 21.4. The largest absolute Gasteiger partial charge is 0.385 e. The molecule has 0 amide bonds. The summed E-state index contributed by atoms with van der Waals surface area (Å²) in [6.07, 6.45) is 0. The van der Waals surface area contributed by atoms with E-state index in [-0.39, 0.29) is 24.8 Å². The van der Waals surface area contributed by atoms with Crippen molar-refractivity contribution in [1.82, 2.24) is 10.6 Å². The summed E-state index contributed by atoms with van der Waals surface area (Å²) in [6, 6.07) is 7.83. The van der Waals surface area contributed by atoms with Crippen molar-refractivity contribution in [2.45, 2.75) is 10.5 Å². The van der Waals surface area contributed by atoms with Crippen molar-refractivity contribution < 1.29 is 9.84 Å². The fraction of sp³-hybridized carbons (Fsp3) is 0.571. The minimum atomic E-state index is -0.804. The van der Waals surface area contributed by atoms with Crippen molar-refractivity contribution in [1.29, 1.82) is 0 Å². The van der Waals surface area contributed by atoms with Crippen LogP contribution in [0.15, 0.2) is 29.2 Å². The first-order chi connectivity index (χ1) is 9.68. The number of halogens is 3. The molecule has 1 fully saturated rings. The zero-order valence-corrected chi connectivity index (χ0v) is 15.4. The molecule has 3 N–H and O–H groups in total. The number of hydrogen-bond donors (Lipinski definition) is 3. The summed E-state index contributed by atoms with van der Waals surface area (Å²) in [7, 11) is 0. The van der Waals surface area contributed by atoms with E-state index in [1.807, 2.05) is 24.3 Å². The molecule has 2 rings (SSSR count). The Morgan fingerprint density at radius 3 is 2.77 bits per heavy atom. The molecule has 1 aromatic carbocycles. The number of hydrogen-bond acceptors (Lipinski definition) is 5. The van der Waals surface area contributed by atoms with Gasteiger partial charge in [-0.3, -0.25) is 0 Å². The van der Waals surface area contributed by atoms with Crippen LogP contribution in [-0.4, -0.2) is 55.9 Å². The van der Waals surface area contributed by atoms with E-state index in [1.54, 1.807) is 11.8 Å². The molecule has 1 aliphatic rings. The summed E-state index contributed by atoms with van der Waals surface area (Å²) in [6.45, 7) is 3.81. The summed E-state index contributed by atoms with van der Waals surface area (Å²) in [5, 5.41) is 17.6. The molecule has 0 saturated carbocycles. The molecule has 4 nitrogen and oxygen atoms in total. The summed E-state index contributed by atoms with van der Waals surface area (Å²) < 4.78 is 5.38. The first kappa shape index (κ1) is 22.3. The molecule has 0 aromatic heterocycles.